The number of hydrogen-bond acceptors (Lipinski definition) is 4. The summed E-state index contributed by atoms with van der Waals surface area (Å²) in [5.74, 6) is -1.82. The number of halogens is 2. The highest BCUT2D eigenvalue weighted by molar-refractivity contribution is 7.91. The summed E-state index contributed by atoms with van der Waals surface area (Å²) in [6.07, 6.45) is -2.65. The third kappa shape index (κ3) is 4.97. The monoisotopic (exact) mass is 300 g/mol. The number of rotatable bonds is 5. The zero-order chi connectivity index (χ0) is 14.6. The minimum Gasteiger partial charge on any atom is -0.480 e. The molecule has 2 amide bonds. The molecule has 0 spiro atoms. The molecule has 0 saturated carbocycles. The molecule has 1 saturated heterocycles. The minimum atomic E-state index is -3.30. The van der Waals surface area contributed by atoms with Crippen molar-refractivity contribution in [3.8, 4) is 0 Å². The van der Waals surface area contributed by atoms with Gasteiger partial charge in [0.15, 0.2) is 9.84 Å². The number of nitrogens with zero attached hydrogens (tertiary/aromatic N) is 1. The van der Waals surface area contributed by atoms with Crippen LogP contribution in [0.3, 0.4) is 0 Å². The van der Waals surface area contributed by atoms with Crippen LogP contribution in [0.5, 0.6) is 0 Å². The van der Waals surface area contributed by atoms with E-state index in [4.69, 9.17) is 5.11 Å². The van der Waals surface area contributed by atoms with Crippen LogP contribution < -0.4 is 5.32 Å². The summed E-state index contributed by atoms with van der Waals surface area (Å²) in [5, 5.41) is 10.6. The molecule has 10 heteroatoms. The molecule has 0 aromatic rings. The number of carboxylic acid groups (broad SMARTS) is 1. The lowest BCUT2D eigenvalue weighted by Crippen LogP contribution is -2.49. The molecule has 1 fully saturated rings. The number of hydrogen-bond donors (Lipinski definition) is 2. The summed E-state index contributed by atoms with van der Waals surface area (Å²) in [6.45, 7) is -1.64. The zero-order valence-electron chi connectivity index (χ0n) is 9.88. The zero-order valence-corrected chi connectivity index (χ0v) is 10.7. The van der Waals surface area contributed by atoms with Crippen molar-refractivity contribution in [3.63, 3.8) is 0 Å². The molecule has 7 nitrogen and oxygen atoms in total. The van der Waals surface area contributed by atoms with Crippen LogP contribution in [0.4, 0.5) is 13.6 Å². The van der Waals surface area contributed by atoms with Crippen LogP contribution in [-0.4, -0.2) is 67.5 Å². The van der Waals surface area contributed by atoms with E-state index >= 15 is 0 Å². The molecule has 0 bridgehead atoms. The second kappa shape index (κ2) is 6.13. The Morgan fingerprint density at radius 3 is 2.47 bits per heavy atom. The Balaban J connectivity index is 2.72. The average molecular weight is 300 g/mol. The maximum absolute atomic E-state index is 12.0. The van der Waals surface area contributed by atoms with Crippen molar-refractivity contribution in [2.24, 2.45) is 0 Å². The normalized spacial score (nSPS) is 21.3. The number of nitrogens with one attached hydrogen (secondary N) is 1. The standard InChI is InChI=1S/C9H14F2N2O5S/c10-7(11)3-12-9(16)13(4-8(14)15)6-1-2-19(17,18)5-6/h6-7H,1-5H2,(H,12,16)(H,14,15). The number of carboxylic acids is 1. The van der Waals surface area contributed by atoms with Gasteiger partial charge in [0.2, 0.25) is 0 Å². The van der Waals surface area contributed by atoms with Crippen LogP contribution in [-0.2, 0) is 14.6 Å². The third-order valence-electron chi connectivity index (χ3n) is 2.62. The third-order valence-corrected chi connectivity index (χ3v) is 4.37. The predicted molar refractivity (Wildman–Crippen MR) is 60.8 cm³/mol. The molecule has 1 aliphatic rings. The Morgan fingerprint density at radius 2 is 2.05 bits per heavy atom. The van der Waals surface area contributed by atoms with Gasteiger partial charge in [-0.05, 0) is 6.42 Å². The fourth-order valence-corrected chi connectivity index (χ4v) is 3.53. The molecule has 1 aliphatic heterocycles. The number of carbonyl (C=O) groups excluding carboxylic acids is 1. The number of urea groups is 1. The Kier molecular flexibility index (Phi) is 5.04. The van der Waals surface area contributed by atoms with Crippen molar-refractivity contribution in [2.75, 3.05) is 24.6 Å². The molecule has 19 heavy (non-hydrogen) atoms. The highest BCUT2D eigenvalue weighted by Crippen LogP contribution is 2.17. The summed E-state index contributed by atoms with van der Waals surface area (Å²) in [4.78, 5) is 23.0. The van der Waals surface area contributed by atoms with E-state index in [1.54, 1.807) is 0 Å². The Morgan fingerprint density at radius 1 is 1.42 bits per heavy atom. The van der Waals surface area contributed by atoms with Gasteiger partial charge in [-0.15, -0.1) is 0 Å². The van der Waals surface area contributed by atoms with Gasteiger partial charge in [0.05, 0.1) is 18.1 Å². The lowest BCUT2D eigenvalue weighted by Gasteiger charge is -2.26. The average Bonchev–Trinajstić information content (AvgIpc) is 2.62. The summed E-state index contributed by atoms with van der Waals surface area (Å²) >= 11 is 0. The van der Waals surface area contributed by atoms with Crippen LogP contribution in [0.1, 0.15) is 6.42 Å². The highest BCUT2D eigenvalue weighted by Gasteiger charge is 2.35. The van der Waals surface area contributed by atoms with Gasteiger partial charge in [0.25, 0.3) is 6.43 Å². The van der Waals surface area contributed by atoms with E-state index in [0.29, 0.717) is 0 Å². The topological polar surface area (TPSA) is 104 Å². The van der Waals surface area contributed by atoms with E-state index in [9.17, 15) is 26.8 Å². The molecule has 0 aliphatic carbocycles. The molecule has 110 valence electrons. The largest absolute Gasteiger partial charge is 0.480 e. The number of sulfone groups is 1. The molecule has 1 heterocycles. The van der Waals surface area contributed by atoms with E-state index in [2.05, 4.69) is 0 Å². The van der Waals surface area contributed by atoms with Crippen LogP contribution in [0.2, 0.25) is 0 Å². The molecule has 0 aromatic heterocycles. The van der Waals surface area contributed by atoms with E-state index in [1.807, 2.05) is 5.32 Å². The van der Waals surface area contributed by atoms with Crippen molar-refractivity contribution in [3.05, 3.63) is 0 Å². The number of alkyl halides is 2. The number of amides is 2. The minimum absolute atomic E-state index is 0.109. The number of aliphatic carboxylic acids is 1. The maximum Gasteiger partial charge on any atom is 0.323 e. The van der Waals surface area contributed by atoms with Crippen LogP contribution in [0.25, 0.3) is 0 Å². The van der Waals surface area contributed by atoms with Crippen molar-refractivity contribution in [1.29, 1.82) is 0 Å². The fourth-order valence-electron chi connectivity index (χ4n) is 1.80. The fraction of sp³-hybridized carbons (Fsp3) is 0.778. The highest BCUT2D eigenvalue weighted by atomic mass is 32.2. The first-order valence-electron chi connectivity index (χ1n) is 5.46. The summed E-state index contributed by atoms with van der Waals surface area (Å²) < 4.78 is 46.5. The van der Waals surface area contributed by atoms with Gasteiger partial charge in [0, 0.05) is 6.04 Å². The Hall–Kier alpha value is -1.45. The first kappa shape index (κ1) is 15.6. The maximum atomic E-state index is 12.0. The van der Waals surface area contributed by atoms with E-state index < -0.39 is 47.4 Å². The van der Waals surface area contributed by atoms with Gasteiger partial charge in [-0.1, -0.05) is 0 Å². The van der Waals surface area contributed by atoms with E-state index in [1.165, 1.54) is 0 Å². The van der Waals surface area contributed by atoms with E-state index in [-0.39, 0.29) is 17.9 Å². The molecule has 0 aromatic carbocycles. The molecule has 1 unspecified atom stereocenters. The summed E-state index contributed by atoms with van der Waals surface area (Å²) in [7, 11) is -3.30. The molecular formula is C9H14F2N2O5S. The Labute approximate surface area is 108 Å². The summed E-state index contributed by atoms with van der Waals surface area (Å²) in [5.41, 5.74) is 0. The quantitative estimate of drug-likeness (QED) is 0.714. The van der Waals surface area contributed by atoms with Crippen molar-refractivity contribution in [1.82, 2.24) is 10.2 Å². The second-order valence-corrected chi connectivity index (χ2v) is 6.38. The van der Waals surface area contributed by atoms with Gasteiger partial charge in [-0.25, -0.2) is 22.0 Å². The van der Waals surface area contributed by atoms with Gasteiger partial charge in [-0.2, -0.15) is 0 Å². The van der Waals surface area contributed by atoms with Gasteiger partial charge in [-0.3, -0.25) is 4.79 Å². The van der Waals surface area contributed by atoms with Crippen molar-refractivity contribution in [2.45, 2.75) is 18.9 Å². The van der Waals surface area contributed by atoms with Crippen LogP contribution in [0.15, 0.2) is 0 Å². The lowest BCUT2D eigenvalue weighted by molar-refractivity contribution is -0.138. The molecule has 1 atom stereocenters. The Bertz CT molecular complexity index is 454. The van der Waals surface area contributed by atoms with Crippen molar-refractivity contribution >= 4 is 21.8 Å². The second-order valence-electron chi connectivity index (χ2n) is 4.16. The molecule has 1 rings (SSSR count). The van der Waals surface area contributed by atoms with Crippen LogP contribution in [0, 0.1) is 0 Å². The SMILES string of the molecule is O=C(O)CN(C(=O)NCC(F)F)C1CCS(=O)(=O)C1. The predicted octanol–water partition coefficient (Wildman–Crippen LogP) is -0.465. The van der Waals surface area contributed by atoms with Gasteiger partial charge < -0.3 is 15.3 Å². The van der Waals surface area contributed by atoms with Crippen molar-refractivity contribution < 1.29 is 31.9 Å². The number of carbonyl (C=O) groups is 2. The molecule has 2 N–H and O–H groups in total. The smallest absolute Gasteiger partial charge is 0.323 e. The van der Waals surface area contributed by atoms with Gasteiger partial charge in [0.1, 0.15) is 6.54 Å². The molecular weight excluding hydrogens is 286 g/mol. The molecule has 0 radical (unpaired) electrons. The summed E-state index contributed by atoms with van der Waals surface area (Å²) in [6, 6.07) is -1.79. The van der Waals surface area contributed by atoms with Gasteiger partial charge >= 0.3 is 12.0 Å². The first-order valence-corrected chi connectivity index (χ1v) is 7.28. The van der Waals surface area contributed by atoms with E-state index in [0.717, 1.165) is 4.90 Å². The lowest BCUT2D eigenvalue weighted by atomic mass is 10.2. The van der Waals surface area contributed by atoms with Crippen LogP contribution >= 0.6 is 0 Å². The first-order chi connectivity index (χ1) is 8.71.